The first-order valence-electron chi connectivity index (χ1n) is 9.08. The molecule has 1 aliphatic carbocycles. The van der Waals surface area contributed by atoms with E-state index in [9.17, 15) is 14.7 Å². The van der Waals surface area contributed by atoms with Gasteiger partial charge < -0.3 is 14.6 Å². The lowest BCUT2D eigenvalue weighted by atomic mass is 9.66. The number of aliphatic hydroxyl groups excluding tert-OH is 1. The highest BCUT2D eigenvalue weighted by Crippen LogP contribution is 2.49. The summed E-state index contributed by atoms with van der Waals surface area (Å²) in [5, 5.41) is 10.6. The zero-order valence-corrected chi connectivity index (χ0v) is 15.7. The Morgan fingerprint density at radius 1 is 1.32 bits per heavy atom. The van der Waals surface area contributed by atoms with Gasteiger partial charge >= 0.3 is 11.9 Å². The van der Waals surface area contributed by atoms with Gasteiger partial charge in [-0.1, -0.05) is 17.2 Å². The molecule has 2 rings (SSSR count). The Morgan fingerprint density at radius 3 is 2.68 bits per heavy atom. The predicted octanol–water partition coefficient (Wildman–Crippen LogP) is 3.46. The Balaban J connectivity index is 2.16. The fourth-order valence-electron chi connectivity index (χ4n) is 3.92. The van der Waals surface area contributed by atoms with Gasteiger partial charge in [0.05, 0.1) is 17.9 Å². The average molecular weight is 350 g/mol. The first-order valence-corrected chi connectivity index (χ1v) is 9.08. The summed E-state index contributed by atoms with van der Waals surface area (Å²) in [4.78, 5) is 23.3. The van der Waals surface area contributed by atoms with Gasteiger partial charge in [-0.15, -0.1) is 0 Å². The zero-order chi connectivity index (χ0) is 18.6. The van der Waals surface area contributed by atoms with Crippen LogP contribution >= 0.6 is 0 Å². The van der Waals surface area contributed by atoms with Crippen LogP contribution in [-0.2, 0) is 19.1 Å². The molecule has 0 radical (unpaired) electrons. The van der Waals surface area contributed by atoms with Gasteiger partial charge in [-0.05, 0) is 59.0 Å². The molecule has 2 aliphatic rings. The molecule has 1 spiro atoms. The van der Waals surface area contributed by atoms with Gasteiger partial charge in [0.25, 0.3) is 0 Å². The maximum absolute atomic E-state index is 12.0. The summed E-state index contributed by atoms with van der Waals surface area (Å²) in [6.45, 7) is 7.55. The molecule has 0 amide bonds. The summed E-state index contributed by atoms with van der Waals surface area (Å²) in [5.74, 6) is -0.618. The first kappa shape index (κ1) is 19.7. The van der Waals surface area contributed by atoms with E-state index in [0.29, 0.717) is 19.3 Å². The van der Waals surface area contributed by atoms with Crippen molar-refractivity contribution in [3.63, 3.8) is 0 Å². The van der Waals surface area contributed by atoms with E-state index in [1.807, 2.05) is 13.0 Å². The number of esters is 2. The Morgan fingerprint density at radius 2 is 2.04 bits per heavy atom. The summed E-state index contributed by atoms with van der Waals surface area (Å²) in [7, 11) is 0. The smallest absolute Gasteiger partial charge is 0.307 e. The van der Waals surface area contributed by atoms with Gasteiger partial charge in [-0.2, -0.15) is 0 Å². The molecule has 1 N–H and O–H groups in total. The minimum Gasteiger partial charge on any atom is -0.463 e. The highest BCUT2D eigenvalue weighted by molar-refractivity contribution is 5.74. The molecule has 0 aromatic rings. The number of hydrogen-bond donors (Lipinski definition) is 1. The van der Waals surface area contributed by atoms with Crippen LogP contribution in [0.3, 0.4) is 0 Å². The average Bonchev–Trinajstić information content (AvgIpc) is 2.78. The number of cyclic esters (lactones) is 1. The van der Waals surface area contributed by atoms with Crippen molar-refractivity contribution in [1.29, 1.82) is 0 Å². The van der Waals surface area contributed by atoms with Crippen LogP contribution in [0.15, 0.2) is 23.3 Å². The monoisotopic (exact) mass is 350 g/mol. The van der Waals surface area contributed by atoms with Crippen molar-refractivity contribution < 1.29 is 24.2 Å². The highest BCUT2D eigenvalue weighted by atomic mass is 16.6. The summed E-state index contributed by atoms with van der Waals surface area (Å²) in [5.41, 5.74) is 1.73. The van der Waals surface area contributed by atoms with Crippen molar-refractivity contribution in [2.45, 2.75) is 84.5 Å². The fourth-order valence-corrected chi connectivity index (χ4v) is 3.92. The van der Waals surface area contributed by atoms with Crippen molar-refractivity contribution in [3.05, 3.63) is 23.3 Å². The normalized spacial score (nSPS) is 32.4. The molecule has 5 nitrogen and oxygen atoms in total. The second-order valence-corrected chi connectivity index (χ2v) is 7.68. The molecule has 4 atom stereocenters. The Hall–Kier alpha value is -1.62. The van der Waals surface area contributed by atoms with E-state index >= 15 is 0 Å². The predicted molar refractivity (Wildman–Crippen MR) is 94.8 cm³/mol. The van der Waals surface area contributed by atoms with E-state index in [2.05, 4.69) is 19.9 Å². The van der Waals surface area contributed by atoms with Gasteiger partial charge in [-0.3, -0.25) is 9.59 Å². The zero-order valence-electron chi connectivity index (χ0n) is 15.7. The van der Waals surface area contributed by atoms with Crippen molar-refractivity contribution >= 4 is 11.9 Å². The van der Waals surface area contributed by atoms with Gasteiger partial charge in [0.1, 0.15) is 12.2 Å². The maximum atomic E-state index is 12.0. The topological polar surface area (TPSA) is 72.8 Å². The van der Waals surface area contributed by atoms with E-state index in [0.717, 1.165) is 18.4 Å². The van der Waals surface area contributed by atoms with E-state index in [-0.39, 0.29) is 24.5 Å². The number of ether oxygens (including phenoxy) is 2. The van der Waals surface area contributed by atoms with Crippen molar-refractivity contribution in [2.75, 3.05) is 0 Å². The highest BCUT2D eigenvalue weighted by Gasteiger charge is 2.56. The first-order chi connectivity index (χ1) is 11.7. The van der Waals surface area contributed by atoms with E-state index in [1.54, 1.807) is 0 Å². The summed E-state index contributed by atoms with van der Waals surface area (Å²) < 4.78 is 10.9. The fraction of sp³-hybridized carbons (Fsp3) is 0.700. The molecule has 1 heterocycles. The number of carbonyl (C=O) groups excluding carboxylic acids is 2. The number of allylic oxidation sites excluding steroid dienone is 3. The Kier molecular flexibility index (Phi) is 6.44. The number of carbonyl (C=O) groups is 2. The van der Waals surface area contributed by atoms with Gasteiger partial charge in [0.15, 0.2) is 0 Å². The van der Waals surface area contributed by atoms with Gasteiger partial charge in [-0.25, -0.2) is 0 Å². The number of hydrogen-bond acceptors (Lipinski definition) is 5. The Bertz CT molecular complexity index is 573. The third-order valence-corrected chi connectivity index (χ3v) is 5.19. The van der Waals surface area contributed by atoms with Crippen molar-refractivity contribution in [1.82, 2.24) is 0 Å². The van der Waals surface area contributed by atoms with Crippen molar-refractivity contribution in [3.8, 4) is 0 Å². The molecule has 2 fully saturated rings. The van der Waals surface area contributed by atoms with Crippen molar-refractivity contribution in [2.24, 2.45) is 5.41 Å². The summed E-state index contributed by atoms with van der Waals surface area (Å²) in [6, 6.07) is 0. The van der Waals surface area contributed by atoms with Gasteiger partial charge in [0, 0.05) is 6.92 Å². The van der Waals surface area contributed by atoms with Crippen LogP contribution in [0, 0.1) is 5.41 Å². The van der Waals surface area contributed by atoms with E-state index < -0.39 is 17.6 Å². The second kappa shape index (κ2) is 8.17. The van der Waals surface area contributed by atoms with Crippen LogP contribution in [0.25, 0.3) is 0 Å². The molecule has 1 saturated carbocycles. The van der Waals surface area contributed by atoms with E-state index in [4.69, 9.17) is 9.47 Å². The van der Waals surface area contributed by atoms with E-state index in [1.165, 1.54) is 12.5 Å². The molecule has 25 heavy (non-hydrogen) atoms. The number of rotatable bonds is 5. The molecule has 0 bridgehead atoms. The molecule has 5 heteroatoms. The van der Waals surface area contributed by atoms with Crippen LogP contribution in [0.5, 0.6) is 0 Å². The lowest BCUT2D eigenvalue weighted by Crippen LogP contribution is -2.48. The number of aliphatic hydroxyl groups is 1. The molecule has 140 valence electrons. The second-order valence-electron chi connectivity index (χ2n) is 7.68. The van der Waals surface area contributed by atoms with Gasteiger partial charge in [0.2, 0.25) is 0 Å². The quantitative estimate of drug-likeness (QED) is 0.607. The third-order valence-electron chi connectivity index (χ3n) is 5.19. The molecule has 1 saturated heterocycles. The minimum absolute atomic E-state index is 0.175. The SMILES string of the molecule is CC(=O)O[C@@H]1CCC(O)C2(CC(=O)O[C@@H]2/C=C(\C)CCC=C(C)C)C1. The van der Waals surface area contributed by atoms with Crippen LogP contribution < -0.4 is 0 Å². The maximum Gasteiger partial charge on any atom is 0.307 e. The van der Waals surface area contributed by atoms with Crippen LogP contribution in [0.2, 0.25) is 0 Å². The third kappa shape index (κ3) is 4.94. The van der Waals surface area contributed by atoms with Crippen LogP contribution in [0.1, 0.15) is 66.2 Å². The Labute approximate surface area is 150 Å². The largest absolute Gasteiger partial charge is 0.463 e. The lowest BCUT2D eigenvalue weighted by molar-refractivity contribution is -0.156. The molecule has 0 aromatic carbocycles. The molecule has 0 aromatic heterocycles. The lowest BCUT2D eigenvalue weighted by Gasteiger charge is -2.42. The minimum atomic E-state index is -0.687. The molecule has 1 aliphatic heterocycles. The van der Waals surface area contributed by atoms with Crippen LogP contribution in [0.4, 0.5) is 0 Å². The molecular weight excluding hydrogens is 320 g/mol. The summed E-state index contributed by atoms with van der Waals surface area (Å²) >= 11 is 0. The molecular formula is C20H30O5. The van der Waals surface area contributed by atoms with Crippen LogP contribution in [-0.4, -0.2) is 35.4 Å². The standard InChI is InChI=1S/C20H30O5/c1-13(2)6-5-7-14(3)10-18-20(12-19(23)25-18)11-16(24-15(4)21)8-9-17(20)22/h6,10,16-18,22H,5,7-9,11-12H2,1-4H3/b14-10+/t16-,17?,18-,20?/m1/s1. The summed E-state index contributed by atoms with van der Waals surface area (Å²) in [6.07, 6.45) is 6.40. The molecule has 2 unspecified atom stereocenters.